The predicted octanol–water partition coefficient (Wildman–Crippen LogP) is 2.45. The fourth-order valence-corrected chi connectivity index (χ4v) is 3.26. The van der Waals surface area contributed by atoms with E-state index in [9.17, 15) is 8.42 Å². The summed E-state index contributed by atoms with van der Waals surface area (Å²) in [6.45, 7) is 5.44. The van der Waals surface area contributed by atoms with Crippen LogP contribution in [0, 0.1) is 0 Å². The fraction of sp³-hybridized carbons (Fsp3) is 0.182. The Morgan fingerprint density at radius 3 is 2.71 bits per heavy atom. The van der Waals surface area contributed by atoms with Gasteiger partial charge in [0.15, 0.2) is 0 Å². The number of rotatable bonds is 1. The molecular weight excluding hydrogens is 260 g/mol. The van der Waals surface area contributed by atoms with Gasteiger partial charge in [-0.1, -0.05) is 18.2 Å². The van der Waals surface area contributed by atoms with Crippen molar-refractivity contribution >= 4 is 33.1 Å². The van der Waals surface area contributed by atoms with Gasteiger partial charge in [0, 0.05) is 12.1 Å². The molecule has 1 aromatic rings. The van der Waals surface area contributed by atoms with Gasteiger partial charge in [0.05, 0.1) is 5.69 Å². The lowest BCUT2D eigenvalue weighted by Crippen LogP contribution is -2.32. The molecular formula is C11H11ClN2O2S. The maximum Gasteiger partial charge on any atom is 0.286 e. The van der Waals surface area contributed by atoms with E-state index in [1.807, 2.05) is 0 Å². The topological polar surface area (TPSA) is 49.7 Å². The second kappa shape index (κ2) is 3.85. The van der Waals surface area contributed by atoms with Crippen LogP contribution in [-0.4, -0.2) is 21.3 Å². The van der Waals surface area contributed by atoms with Gasteiger partial charge in [-0.25, -0.2) is 0 Å². The van der Waals surface area contributed by atoms with Crippen LogP contribution in [-0.2, 0) is 10.0 Å². The van der Waals surface area contributed by atoms with E-state index in [0.717, 1.165) is 0 Å². The third-order valence-electron chi connectivity index (χ3n) is 2.47. The first kappa shape index (κ1) is 12.1. The number of likely N-dealkylation sites (N-methyl/N-ethyl adjacent to an activating group) is 1. The highest BCUT2D eigenvalue weighted by atomic mass is 35.5. The van der Waals surface area contributed by atoms with Crippen LogP contribution in [0.1, 0.15) is 6.92 Å². The Bertz CT molecular complexity index is 635. The predicted molar refractivity (Wildman–Crippen MR) is 69.3 cm³/mol. The van der Waals surface area contributed by atoms with Crippen molar-refractivity contribution < 1.29 is 8.42 Å². The first-order chi connectivity index (χ1) is 7.83. The Morgan fingerprint density at radius 1 is 1.47 bits per heavy atom. The molecule has 0 radical (unpaired) electrons. The van der Waals surface area contributed by atoms with Crippen molar-refractivity contribution in [2.24, 2.45) is 4.40 Å². The molecule has 0 atom stereocenters. The van der Waals surface area contributed by atoms with E-state index < -0.39 is 10.0 Å². The second-order valence-corrected chi connectivity index (χ2v) is 5.85. The molecule has 0 N–H and O–H groups in total. The highest BCUT2D eigenvalue weighted by Crippen LogP contribution is 2.33. The van der Waals surface area contributed by atoms with Crippen molar-refractivity contribution in [2.45, 2.75) is 11.8 Å². The largest absolute Gasteiger partial charge is 0.327 e. The zero-order chi connectivity index (χ0) is 12.8. The third kappa shape index (κ3) is 1.96. The summed E-state index contributed by atoms with van der Waals surface area (Å²) in [5.41, 5.74) is 1.15. The van der Waals surface area contributed by atoms with Gasteiger partial charge in [-0.15, -0.1) is 4.40 Å². The highest BCUT2D eigenvalue weighted by Gasteiger charge is 2.29. The first-order valence-corrected chi connectivity index (χ1v) is 6.69. The average Bonchev–Trinajstić information content (AvgIpc) is 2.23. The smallest absolute Gasteiger partial charge is 0.286 e. The second-order valence-electron chi connectivity index (χ2n) is 3.84. The SMILES string of the molecule is C=C(C)C1=NS(=O)(=O)c2cc(Cl)ccc2N1C. The van der Waals surface area contributed by atoms with Crippen LogP contribution >= 0.6 is 11.6 Å². The standard InChI is InChI=1S/C11H11ClN2O2S/c1-7(2)11-13-17(15,16)10-6-8(12)4-5-9(10)14(11)3/h4-6H,1H2,2-3H3. The number of sulfonamides is 1. The van der Waals surface area contributed by atoms with Gasteiger partial charge in [0.25, 0.3) is 10.0 Å². The quantitative estimate of drug-likeness (QED) is 0.788. The summed E-state index contributed by atoms with van der Waals surface area (Å²) in [6.07, 6.45) is 0. The molecule has 0 bridgehead atoms. The number of hydrogen-bond acceptors (Lipinski definition) is 3. The normalized spacial score (nSPS) is 17.4. The maximum atomic E-state index is 12.0. The number of benzene rings is 1. The molecule has 0 aliphatic carbocycles. The zero-order valence-electron chi connectivity index (χ0n) is 9.44. The lowest BCUT2D eigenvalue weighted by Gasteiger charge is -2.27. The number of hydrogen-bond donors (Lipinski definition) is 0. The Kier molecular flexibility index (Phi) is 2.75. The number of fused-ring (bicyclic) bond motifs is 1. The molecule has 1 aromatic carbocycles. The average molecular weight is 271 g/mol. The third-order valence-corrected chi connectivity index (χ3v) is 4.00. The molecule has 1 aliphatic heterocycles. The molecule has 90 valence electrons. The molecule has 0 aromatic heterocycles. The van der Waals surface area contributed by atoms with Gasteiger partial charge >= 0.3 is 0 Å². The van der Waals surface area contributed by atoms with Gasteiger partial charge in [0.1, 0.15) is 10.7 Å². The Morgan fingerprint density at radius 2 is 2.12 bits per heavy atom. The van der Waals surface area contributed by atoms with Crippen molar-refractivity contribution in [3.8, 4) is 0 Å². The van der Waals surface area contributed by atoms with Gasteiger partial charge in [-0.3, -0.25) is 0 Å². The minimum Gasteiger partial charge on any atom is -0.327 e. The van der Waals surface area contributed by atoms with Gasteiger partial charge in [0.2, 0.25) is 0 Å². The highest BCUT2D eigenvalue weighted by molar-refractivity contribution is 7.90. The van der Waals surface area contributed by atoms with E-state index in [-0.39, 0.29) is 4.90 Å². The summed E-state index contributed by atoms with van der Waals surface area (Å²) in [5, 5.41) is 0.370. The summed E-state index contributed by atoms with van der Waals surface area (Å²) in [6, 6.07) is 4.71. The summed E-state index contributed by atoms with van der Waals surface area (Å²) >= 11 is 5.80. The number of nitrogens with zero attached hydrogens (tertiary/aromatic N) is 2. The molecule has 0 amide bonds. The van der Waals surface area contributed by atoms with E-state index >= 15 is 0 Å². The molecule has 1 aliphatic rings. The Labute approximate surface area is 105 Å². The van der Waals surface area contributed by atoms with Crippen molar-refractivity contribution in [3.05, 3.63) is 35.4 Å². The van der Waals surface area contributed by atoms with Gasteiger partial charge in [-0.05, 0) is 30.7 Å². The van der Waals surface area contributed by atoms with E-state index in [1.54, 1.807) is 31.0 Å². The van der Waals surface area contributed by atoms with E-state index in [2.05, 4.69) is 11.0 Å². The summed E-state index contributed by atoms with van der Waals surface area (Å²) in [7, 11) is -1.95. The minimum absolute atomic E-state index is 0.123. The Hall–Kier alpha value is -1.33. The molecule has 0 fully saturated rings. The van der Waals surface area contributed by atoms with Gasteiger partial charge in [-0.2, -0.15) is 8.42 Å². The van der Waals surface area contributed by atoms with Gasteiger partial charge < -0.3 is 4.90 Å². The molecule has 0 saturated carbocycles. The number of amidine groups is 1. The van der Waals surface area contributed by atoms with E-state index in [1.165, 1.54) is 6.07 Å². The number of anilines is 1. The molecule has 0 saturated heterocycles. The first-order valence-electron chi connectivity index (χ1n) is 4.87. The van der Waals surface area contributed by atoms with Crippen LogP contribution in [0.2, 0.25) is 5.02 Å². The monoisotopic (exact) mass is 270 g/mol. The van der Waals surface area contributed by atoms with Crippen LogP contribution < -0.4 is 4.90 Å². The van der Waals surface area contributed by atoms with E-state index in [0.29, 0.717) is 22.1 Å². The molecule has 17 heavy (non-hydrogen) atoms. The summed E-state index contributed by atoms with van der Waals surface area (Å²) in [5.74, 6) is 0.347. The number of halogens is 1. The van der Waals surface area contributed by atoms with Crippen molar-refractivity contribution in [1.82, 2.24) is 0 Å². The van der Waals surface area contributed by atoms with Crippen LogP contribution in [0.4, 0.5) is 5.69 Å². The maximum absolute atomic E-state index is 12.0. The lowest BCUT2D eigenvalue weighted by molar-refractivity contribution is 0.597. The molecule has 2 rings (SSSR count). The fourth-order valence-electron chi connectivity index (χ4n) is 1.67. The Balaban J connectivity index is 2.75. The van der Waals surface area contributed by atoms with Crippen LogP contribution in [0.15, 0.2) is 39.6 Å². The van der Waals surface area contributed by atoms with E-state index in [4.69, 9.17) is 11.6 Å². The minimum atomic E-state index is -3.69. The van der Waals surface area contributed by atoms with Crippen molar-refractivity contribution in [2.75, 3.05) is 11.9 Å². The van der Waals surface area contributed by atoms with Crippen molar-refractivity contribution in [3.63, 3.8) is 0 Å². The molecule has 0 unspecified atom stereocenters. The van der Waals surface area contributed by atoms with Crippen LogP contribution in [0.25, 0.3) is 0 Å². The van der Waals surface area contributed by atoms with Crippen LogP contribution in [0.5, 0.6) is 0 Å². The molecule has 0 spiro atoms. The summed E-state index contributed by atoms with van der Waals surface area (Å²) in [4.78, 5) is 1.81. The molecule has 6 heteroatoms. The molecule has 1 heterocycles. The van der Waals surface area contributed by atoms with Crippen molar-refractivity contribution in [1.29, 1.82) is 0 Å². The lowest BCUT2D eigenvalue weighted by atomic mass is 10.2. The summed E-state index contributed by atoms with van der Waals surface area (Å²) < 4.78 is 27.7. The zero-order valence-corrected chi connectivity index (χ0v) is 11.0. The van der Waals surface area contributed by atoms with Crippen LogP contribution in [0.3, 0.4) is 0 Å². The molecule has 4 nitrogen and oxygen atoms in total.